The van der Waals surface area contributed by atoms with Gasteiger partial charge in [-0.2, -0.15) is 0 Å². The first-order valence-electron chi connectivity index (χ1n) is 6.41. The second-order valence-corrected chi connectivity index (χ2v) is 4.47. The Hall–Kier alpha value is -2.60. The standard InChI is InChI=1S/C15H17N3O3/c1-20-7-6-10-2-4-12(5-3-10)21-15-13(14(17)19)8-11(16)9-18-15/h2-5,8-9H,6-7,16H2,1H3,(H2,17,19). The van der Waals surface area contributed by atoms with Crippen LogP contribution in [0.1, 0.15) is 15.9 Å². The van der Waals surface area contributed by atoms with E-state index in [4.69, 9.17) is 20.9 Å². The molecule has 0 aliphatic rings. The number of anilines is 1. The van der Waals surface area contributed by atoms with Crippen LogP contribution in [0.3, 0.4) is 0 Å². The van der Waals surface area contributed by atoms with Crippen LogP contribution >= 0.6 is 0 Å². The number of nitrogen functional groups attached to an aromatic ring is 1. The lowest BCUT2D eigenvalue weighted by Crippen LogP contribution is -2.13. The van der Waals surface area contributed by atoms with Gasteiger partial charge in [0.05, 0.1) is 18.5 Å². The zero-order chi connectivity index (χ0) is 15.2. The number of nitrogens with two attached hydrogens (primary N) is 2. The first kappa shape index (κ1) is 14.8. The molecule has 0 unspecified atom stereocenters. The molecule has 2 rings (SSSR count). The summed E-state index contributed by atoms with van der Waals surface area (Å²) >= 11 is 0. The number of hydrogen-bond acceptors (Lipinski definition) is 5. The first-order chi connectivity index (χ1) is 10.1. The molecule has 0 aliphatic heterocycles. The van der Waals surface area contributed by atoms with Crippen LogP contribution in [0, 0.1) is 0 Å². The number of hydrogen-bond donors (Lipinski definition) is 2. The quantitative estimate of drug-likeness (QED) is 0.842. The number of carbonyl (C=O) groups is 1. The molecule has 0 saturated carbocycles. The fraction of sp³-hybridized carbons (Fsp3) is 0.200. The fourth-order valence-corrected chi connectivity index (χ4v) is 1.78. The second-order valence-electron chi connectivity index (χ2n) is 4.47. The van der Waals surface area contributed by atoms with E-state index >= 15 is 0 Å². The molecule has 1 heterocycles. The number of pyridine rings is 1. The van der Waals surface area contributed by atoms with E-state index in [1.54, 1.807) is 19.2 Å². The predicted molar refractivity (Wildman–Crippen MR) is 79.3 cm³/mol. The third-order valence-electron chi connectivity index (χ3n) is 2.87. The van der Waals surface area contributed by atoms with Gasteiger partial charge in [-0.05, 0) is 30.2 Å². The minimum Gasteiger partial charge on any atom is -0.438 e. The molecule has 0 fully saturated rings. The van der Waals surface area contributed by atoms with Crippen LogP contribution in [0.5, 0.6) is 11.6 Å². The molecule has 21 heavy (non-hydrogen) atoms. The molecule has 2 aromatic rings. The Labute approximate surface area is 122 Å². The molecule has 0 aliphatic carbocycles. The van der Waals surface area contributed by atoms with Gasteiger partial charge in [-0.3, -0.25) is 4.79 Å². The van der Waals surface area contributed by atoms with Crippen molar-refractivity contribution in [2.45, 2.75) is 6.42 Å². The van der Waals surface area contributed by atoms with Crippen LogP contribution in [0.2, 0.25) is 0 Å². The van der Waals surface area contributed by atoms with Crippen LogP contribution < -0.4 is 16.2 Å². The Morgan fingerprint density at radius 1 is 1.29 bits per heavy atom. The average Bonchev–Trinajstić information content (AvgIpc) is 2.48. The average molecular weight is 287 g/mol. The molecular formula is C15H17N3O3. The summed E-state index contributed by atoms with van der Waals surface area (Å²) in [5.74, 6) is 0.0683. The lowest BCUT2D eigenvalue weighted by atomic mass is 10.1. The number of rotatable bonds is 6. The Kier molecular flexibility index (Phi) is 4.73. The van der Waals surface area contributed by atoms with Crippen LogP contribution in [-0.4, -0.2) is 24.6 Å². The number of primary amides is 1. The summed E-state index contributed by atoms with van der Waals surface area (Å²) in [6, 6.07) is 8.89. The number of nitrogens with zero attached hydrogens (tertiary/aromatic N) is 1. The van der Waals surface area contributed by atoms with E-state index in [1.807, 2.05) is 12.1 Å². The van der Waals surface area contributed by atoms with Gasteiger partial charge in [0, 0.05) is 7.11 Å². The van der Waals surface area contributed by atoms with Crippen molar-refractivity contribution in [3.63, 3.8) is 0 Å². The SMILES string of the molecule is COCCc1ccc(Oc2ncc(N)cc2C(N)=O)cc1. The summed E-state index contributed by atoms with van der Waals surface area (Å²) in [5.41, 5.74) is 12.5. The third-order valence-corrected chi connectivity index (χ3v) is 2.87. The van der Waals surface area contributed by atoms with Crippen LogP contribution in [0.15, 0.2) is 36.5 Å². The van der Waals surface area contributed by atoms with Gasteiger partial charge >= 0.3 is 0 Å². The van der Waals surface area contributed by atoms with Gasteiger partial charge < -0.3 is 20.9 Å². The summed E-state index contributed by atoms with van der Waals surface area (Å²) in [6.45, 7) is 0.658. The zero-order valence-corrected chi connectivity index (χ0v) is 11.7. The lowest BCUT2D eigenvalue weighted by molar-refractivity contribution is 0.0997. The monoisotopic (exact) mass is 287 g/mol. The van der Waals surface area contributed by atoms with Crippen molar-refractivity contribution in [3.05, 3.63) is 47.7 Å². The molecule has 0 spiro atoms. The van der Waals surface area contributed by atoms with Gasteiger partial charge in [-0.25, -0.2) is 4.98 Å². The highest BCUT2D eigenvalue weighted by molar-refractivity contribution is 5.95. The molecule has 0 radical (unpaired) electrons. The summed E-state index contributed by atoms with van der Waals surface area (Å²) in [5, 5.41) is 0. The van der Waals surface area contributed by atoms with Gasteiger partial charge in [0.2, 0.25) is 5.88 Å². The molecule has 0 bridgehead atoms. The van der Waals surface area contributed by atoms with Gasteiger partial charge in [-0.1, -0.05) is 12.1 Å². The number of aromatic nitrogens is 1. The topological polar surface area (TPSA) is 100 Å². The van der Waals surface area contributed by atoms with Gasteiger partial charge in [0.15, 0.2) is 0 Å². The minimum atomic E-state index is -0.637. The van der Waals surface area contributed by atoms with Gasteiger partial charge in [-0.15, -0.1) is 0 Å². The predicted octanol–water partition coefficient (Wildman–Crippen LogP) is 1.74. The molecule has 110 valence electrons. The van der Waals surface area contributed by atoms with Crippen LogP contribution in [0.4, 0.5) is 5.69 Å². The van der Waals surface area contributed by atoms with E-state index in [0.717, 1.165) is 12.0 Å². The number of carbonyl (C=O) groups excluding carboxylic acids is 1. The number of methoxy groups -OCH3 is 1. The molecule has 0 atom stereocenters. The van der Waals surface area contributed by atoms with E-state index in [-0.39, 0.29) is 11.4 Å². The summed E-state index contributed by atoms with van der Waals surface area (Å²) < 4.78 is 10.6. The fourth-order valence-electron chi connectivity index (χ4n) is 1.78. The number of ether oxygens (including phenoxy) is 2. The van der Waals surface area contributed by atoms with Crippen molar-refractivity contribution in [2.75, 3.05) is 19.5 Å². The van der Waals surface area contributed by atoms with Gasteiger partial charge in [0.25, 0.3) is 5.91 Å². The van der Waals surface area contributed by atoms with E-state index in [2.05, 4.69) is 4.98 Å². The van der Waals surface area contributed by atoms with Crippen molar-refractivity contribution in [3.8, 4) is 11.6 Å². The Bertz CT molecular complexity index is 627. The molecule has 1 amide bonds. The Morgan fingerprint density at radius 3 is 2.62 bits per heavy atom. The lowest BCUT2D eigenvalue weighted by Gasteiger charge is -2.09. The maximum absolute atomic E-state index is 11.4. The third kappa shape index (κ3) is 3.93. The Balaban J connectivity index is 2.16. The maximum Gasteiger partial charge on any atom is 0.254 e. The highest BCUT2D eigenvalue weighted by Gasteiger charge is 2.12. The van der Waals surface area contributed by atoms with Crippen LogP contribution in [-0.2, 0) is 11.2 Å². The number of amides is 1. The highest BCUT2D eigenvalue weighted by Crippen LogP contribution is 2.24. The minimum absolute atomic E-state index is 0.140. The molecule has 6 nitrogen and oxygen atoms in total. The van der Waals surface area contributed by atoms with E-state index in [1.165, 1.54) is 12.3 Å². The largest absolute Gasteiger partial charge is 0.438 e. The normalized spacial score (nSPS) is 10.3. The zero-order valence-electron chi connectivity index (χ0n) is 11.7. The molecule has 4 N–H and O–H groups in total. The van der Waals surface area contributed by atoms with E-state index < -0.39 is 5.91 Å². The summed E-state index contributed by atoms with van der Waals surface area (Å²) in [7, 11) is 1.66. The van der Waals surface area contributed by atoms with Crippen molar-refractivity contribution in [2.24, 2.45) is 5.73 Å². The maximum atomic E-state index is 11.4. The molecular weight excluding hydrogens is 270 g/mol. The highest BCUT2D eigenvalue weighted by atomic mass is 16.5. The second kappa shape index (κ2) is 6.71. The van der Waals surface area contributed by atoms with Crippen molar-refractivity contribution >= 4 is 11.6 Å². The molecule has 0 saturated heterocycles. The molecule has 1 aromatic carbocycles. The smallest absolute Gasteiger partial charge is 0.254 e. The molecule has 6 heteroatoms. The van der Waals surface area contributed by atoms with Gasteiger partial charge in [0.1, 0.15) is 11.3 Å². The van der Waals surface area contributed by atoms with Crippen LogP contribution in [0.25, 0.3) is 0 Å². The van der Waals surface area contributed by atoms with Crippen molar-refractivity contribution in [1.29, 1.82) is 0 Å². The van der Waals surface area contributed by atoms with Crippen molar-refractivity contribution < 1.29 is 14.3 Å². The van der Waals surface area contributed by atoms with E-state index in [0.29, 0.717) is 18.0 Å². The first-order valence-corrected chi connectivity index (χ1v) is 6.41. The number of benzene rings is 1. The summed E-state index contributed by atoms with van der Waals surface area (Å²) in [6.07, 6.45) is 2.23. The Morgan fingerprint density at radius 2 is 2.00 bits per heavy atom. The summed E-state index contributed by atoms with van der Waals surface area (Å²) in [4.78, 5) is 15.4. The molecule has 1 aromatic heterocycles. The van der Waals surface area contributed by atoms with E-state index in [9.17, 15) is 4.79 Å². The van der Waals surface area contributed by atoms with Crippen molar-refractivity contribution in [1.82, 2.24) is 4.98 Å².